The summed E-state index contributed by atoms with van der Waals surface area (Å²) in [6.45, 7) is 4.48. The Morgan fingerprint density at radius 2 is 1.68 bits per heavy atom. The van der Waals surface area contributed by atoms with Crippen LogP contribution in [0.3, 0.4) is 0 Å². The van der Waals surface area contributed by atoms with Gasteiger partial charge in [-0.1, -0.05) is 6.07 Å². The Morgan fingerprint density at radius 1 is 0.951 bits per heavy atom. The standard InChI is InChI=1S/C31H36BrNO8/c1-7-40-26-16-20(12-21(32)30(26)39-6)28-27(31(35)41-11-10-36-3)17(2)33-22-13-19(14-23(34)29(22)28)18-8-9-24(37-4)25(15-18)38-5/h8-9,12,15-16,19,28,33H,7,10-11,13-14H2,1-6H3/t19-,28-/m0/s1. The van der Waals surface area contributed by atoms with E-state index in [0.29, 0.717) is 62.9 Å². The van der Waals surface area contributed by atoms with Crippen molar-refractivity contribution in [2.24, 2.45) is 0 Å². The maximum absolute atomic E-state index is 14.0. The molecule has 2 atom stereocenters. The van der Waals surface area contributed by atoms with E-state index in [4.69, 9.17) is 28.4 Å². The maximum Gasteiger partial charge on any atom is 0.336 e. The highest BCUT2D eigenvalue weighted by Gasteiger charge is 2.42. The van der Waals surface area contributed by atoms with E-state index in [2.05, 4.69) is 21.2 Å². The summed E-state index contributed by atoms with van der Waals surface area (Å²) in [7, 11) is 6.29. The zero-order chi connectivity index (χ0) is 29.7. The Labute approximate surface area is 248 Å². The number of benzene rings is 2. The highest BCUT2D eigenvalue weighted by molar-refractivity contribution is 9.10. The van der Waals surface area contributed by atoms with Gasteiger partial charge in [0.15, 0.2) is 28.8 Å². The number of methoxy groups -OCH3 is 4. The van der Waals surface area contributed by atoms with Crippen molar-refractivity contribution in [3.63, 3.8) is 0 Å². The van der Waals surface area contributed by atoms with Gasteiger partial charge in [0.2, 0.25) is 0 Å². The third-order valence-electron chi connectivity index (χ3n) is 7.32. The molecule has 220 valence electrons. The number of hydrogen-bond acceptors (Lipinski definition) is 9. The quantitative estimate of drug-likeness (QED) is 0.258. The van der Waals surface area contributed by atoms with Gasteiger partial charge in [-0.2, -0.15) is 0 Å². The lowest BCUT2D eigenvalue weighted by Gasteiger charge is -2.37. The molecular weight excluding hydrogens is 594 g/mol. The molecule has 0 saturated carbocycles. The van der Waals surface area contributed by atoms with Crippen molar-refractivity contribution >= 4 is 27.7 Å². The van der Waals surface area contributed by atoms with Crippen LogP contribution < -0.4 is 24.3 Å². The van der Waals surface area contributed by atoms with E-state index in [9.17, 15) is 9.59 Å². The van der Waals surface area contributed by atoms with Crippen LogP contribution in [-0.2, 0) is 19.1 Å². The number of halogens is 1. The third-order valence-corrected chi connectivity index (χ3v) is 7.91. The lowest BCUT2D eigenvalue weighted by atomic mass is 9.71. The summed E-state index contributed by atoms with van der Waals surface area (Å²) in [4.78, 5) is 27.5. The summed E-state index contributed by atoms with van der Waals surface area (Å²) in [6, 6.07) is 9.42. The molecule has 0 aromatic heterocycles. The molecule has 2 aromatic rings. The summed E-state index contributed by atoms with van der Waals surface area (Å²) in [5.74, 6) is 0.963. The summed E-state index contributed by atoms with van der Waals surface area (Å²) >= 11 is 3.59. The molecule has 9 nitrogen and oxygen atoms in total. The molecule has 0 unspecified atom stereocenters. The smallest absolute Gasteiger partial charge is 0.336 e. The topological polar surface area (TPSA) is 102 Å². The fourth-order valence-corrected chi connectivity index (χ4v) is 6.12. The maximum atomic E-state index is 14.0. The van der Waals surface area contributed by atoms with E-state index in [0.717, 1.165) is 11.3 Å². The fraction of sp³-hybridized carbons (Fsp3) is 0.419. The Bertz CT molecular complexity index is 1380. The van der Waals surface area contributed by atoms with E-state index in [1.165, 1.54) is 0 Å². The van der Waals surface area contributed by atoms with Crippen LogP contribution in [0, 0.1) is 0 Å². The number of carbonyl (C=O) groups is 2. The highest BCUT2D eigenvalue weighted by Crippen LogP contribution is 2.49. The zero-order valence-corrected chi connectivity index (χ0v) is 25.8. The van der Waals surface area contributed by atoms with E-state index >= 15 is 0 Å². The summed E-state index contributed by atoms with van der Waals surface area (Å²) in [5, 5.41) is 3.38. The minimum atomic E-state index is -0.665. The number of Topliss-reactive ketones (excluding diaryl/α,β-unsaturated/α-hetero) is 1. The van der Waals surface area contributed by atoms with Gasteiger partial charge in [-0.25, -0.2) is 4.79 Å². The average molecular weight is 631 g/mol. The van der Waals surface area contributed by atoms with Gasteiger partial charge in [0.05, 0.1) is 44.6 Å². The SMILES string of the molecule is CCOc1cc([C@H]2C(C(=O)OCCOC)=C(C)NC3=C2C(=O)C[C@@H](c2ccc(OC)c(OC)c2)C3)cc(Br)c1OC. The molecule has 0 spiro atoms. The van der Waals surface area contributed by atoms with Crippen molar-refractivity contribution in [3.8, 4) is 23.0 Å². The first-order valence-electron chi connectivity index (χ1n) is 13.4. The first-order valence-corrected chi connectivity index (χ1v) is 14.2. The van der Waals surface area contributed by atoms with E-state index in [-0.39, 0.29) is 31.3 Å². The van der Waals surface area contributed by atoms with Crippen LogP contribution in [0.15, 0.2) is 57.3 Å². The number of carbonyl (C=O) groups excluding carboxylic acids is 2. The summed E-state index contributed by atoms with van der Waals surface area (Å²) in [5.41, 5.74) is 4.01. The van der Waals surface area contributed by atoms with Crippen LogP contribution in [0.4, 0.5) is 0 Å². The van der Waals surface area contributed by atoms with E-state index < -0.39 is 11.9 Å². The fourth-order valence-electron chi connectivity index (χ4n) is 5.50. The Morgan fingerprint density at radius 3 is 2.34 bits per heavy atom. The molecule has 0 radical (unpaired) electrons. The normalized spacial score (nSPS) is 18.5. The first-order chi connectivity index (χ1) is 19.8. The van der Waals surface area contributed by atoms with Crippen LogP contribution in [0.25, 0.3) is 0 Å². The molecular formula is C31H36BrNO8. The third kappa shape index (κ3) is 6.23. The van der Waals surface area contributed by atoms with Gasteiger partial charge in [-0.3, -0.25) is 4.79 Å². The number of hydrogen-bond donors (Lipinski definition) is 1. The second-order valence-electron chi connectivity index (χ2n) is 9.73. The van der Waals surface area contributed by atoms with Crippen molar-refractivity contribution in [3.05, 3.63) is 68.5 Å². The highest BCUT2D eigenvalue weighted by atomic mass is 79.9. The lowest BCUT2D eigenvalue weighted by molar-refractivity contribution is -0.140. The molecule has 2 aromatic carbocycles. The van der Waals surface area contributed by atoms with Crippen LogP contribution in [0.1, 0.15) is 49.7 Å². The number of allylic oxidation sites excluding steroid dienone is 3. The predicted octanol–water partition coefficient (Wildman–Crippen LogP) is 5.42. The molecule has 0 amide bonds. The monoisotopic (exact) mass is 629 g/mol. The minimum absolute atomic E-state index is 0.0527. The van der Waals surface area contributed by atoms with E-state index in [1.54, 1.807) is 28.4 Å². The van der Waals surface area contributed by atoms with Gasteiger partial charge < -0.3 is 33.7 Å². The Balaban J connectivity index is 1.82. The van der Waals surface area contributed by atoms with Crippen molar-refractivity contribution in [2.75, 3.05) is 48.3 Å². The summed E-state index contributed by atoms with van der Waals surface area (Å²) in [6.07, 6.45) is 0.846. The molecule has 41 heavy (non-hydrogen) atoms. The van der Waals surface area contributed by atoms with Crippen LogP contribution in [0.2, 0.25) is 0 Å². The molecule has 2 aliphatic rings. The van der Waals surface area contributed by atoms with Crippen molar-refractivity contribution in [1.29, 1.82) is 0 Å². The number of esters is 1. The molecule has 1 aliphatic carbocycles. The number of ketones is 1. The zero-order valence-electron chi connectivity index (χ0n) is 24.2. The molecule has 10 heteroatoms. The molecule has 4 rings (SSSR count). The molecule has 0 fully saturated rings. The Hall–Kier alpha value is -3.50. The van der Waals surface area contributed by atoms with Gasteiger partial charge in [-0.05, 0) is 77.5 Å². The number of ether oxygens (including phenoxy) is 6. The molecule has 1 heterocycles. The molecule has 0 bridgehead atoms. The van der Waals surface area contributed by atoms with E-state index in [1.807, 2.05) is 44.2 Å². The number of rotatable bonds is 11. The van der Waals surface area contributed by atoms with Crippen LogP contribution in [0.5, 0.6) is 23.0 Å². The lowest BCUT2D eigenvalue weighted by Crippen LogP contribution is -2.36. The largest absolute Gasteiger partial charge is 0.493 e. The summed E-state index contributed by atoms with van der Waals surface area (Å²) < 4.78 is 33.6. The van der Waals surface area contributed by atoms with Gasteiger partial charge >= 0.3 is 5.97 Å². The van der Waals surface area contributed by atoms with Crippen molar-refractivity contribution < 1.29 is 38.0 Å². The number of nitrogens with one attached hydrogen (secondary N) is 1. The first kappa shape index (κ1) is 30.5. The molecule has 1 aliphatic heterocycles. The van der Waals surface area contributed by atoms with Gasteiger partial charge in [0, 0.05) is 36.4 Å². The molecule has 0 saturated heterocycles. The second kappa shape index (κ2) is 13.4. The minimum Gasteiger partial charge on any atom is -0.493 e. The molecule has 1 N–H and O–H groups in total. The van der Waals surface area contributed by atoms with Crippen molar-refractivity contribution in [2.45, 2.75) is 38.5 Å². The van der Waals surface area contributed by atoms with Crippen molar-refractivity contribution in [1.82, 2.24) is 5.32 Å². The van der Waals surface area contributed by atoms with Gasteiger partial charge in [0.1, 0.15) is 6.61 Å². The van der Waals surface area contributed by atoms with Gasteiger partial charge in [0.25, 0.3) is 0 Å². The number of dihydropyridines is 1. The van der Waals surface area contributed by atoms with Crippen LogP contribution in [-0.4, -0.2) is 60.0 Å². The van der Waals surface area contributed by atoms with Crippen LogP contribution >= 0.6 is 15.9 Å². The average Bonchev–Trinajstić information content (AvgIpc) is 2.96. The Kier molecular flexibility index (Phi) is 9.99. The predicted molar refractivity (Wildman–Crippen MR) is 157 cm³/mol. The second-order valence-corrected chi connectivity index (χ2v) is 10.6. The van der Waals surface area contributed by atoms with Gasteiger partial charge in [-0.15, -0.1) is 0 Å².